The zero-order chi connectivity index (χ0) is 23.3. The van der Waals surface area contributed by atoms with Crippen LogP contribution in [0.25, 0.3) is 0 Å². The lowest BCUT2D eigenvalue weighted by molar-refractivity contribution is -0.384. The van der Waals surface area contributed by atoms with Crippen LogP contribution in [0.3, 0.4) is 0 Å². The minimum absolute atomic E-state index is 0.0477. The number of amides is 3. The highest BCUT2D eigenvalue weighted by molar-refractivity contribution is 6.02. The van der Waals surface area contributed by atoms with E-state index in [-0.39, 0.29) is 37.4 Å². The lowest BCUT2D eigenvalue weighted by Gasteiger charge is -2.29. The number of carbonyl (C=O) groups is 3. The van der Waals surface area contributed by atoms with Gasteiger partial charge in [0.1, 0.15) is 5.75 Å². The van der Waals surface area contributed by atoms with Crippen molar-refractivity contribution in [3.63, 3.8) is 0 Å². The Kier molecular flexibility index (Phi) is 7.00. The molecule has 0 aromatic heterocycles. The number of non-ortho nitro benzene ring substituents is 1. The number of nitrogens with one attached hydrogen (secondary N) is 1. The van der Waals surface area contributed by atoms with Crippen LogP contribution in [-0.2, 0) is 4.79 Å². The Labute approximate surface area is 183 Å². The molecule has 0 radical (unpaired) electrons. The van der Waals surface area contributed by atoms with E-state index in [4.69, 9.17) is 10.5 Å². The summed E-state index contributed by atoms with van der Waals surface area (Å²) in [5, 5.41) is 13.7. The first-order chi connectivity index (χ1) is 15.4. The average Bonchev–Trinajstić information content (AvgIpc) is 3.26. The van der Waals surface area contributed by atoms with Crippen molar-refractivity contribution >= 4 is 23.4 Å². The van der Waals surface area contributed by atoms with E-state index in [0.717, 1.165) is 6.07 Å². The van der Waals surface area contributed by atoms with E-state index in [1.165, 1.54) is 35.1 Å². The molecule has 1 fully saturated rings. The van der Waals surface area contributed by atoms with E-state index in [1.807, 2.05) is 0 Å². The van der Waals surface area contributed by atoms with Gasteiger partial charge in [0, 0.05) is 49.4 Å². The van der Waals surface area contributed by atoms with Gasteiger partial charge in [0.15, 0.2) is 6.17 Å². The van der Waals surface area contributed by atoms with E-state index in [1.54, 1.807) is 24.3 Å². The first kappa shape index (κ1) is 22.7. The lowest BCUT2D eigenvalue weighted by Crippen LogP contribution is -2.54. The molecule has 0 saturated carbocycles. The van der Waals surface area contributed by atoms with Crippen LogP contribution in [0.5, 0.6) is 5.75 Å². The molecule has 1 aliphatic heterocycles. The number of benzene rings is 2. The Bertz CT molecular complexity index is 1040. The van der Waals surface area contributed by atoms with E-state index in [0.29, 0.717) is 11.3 Å². The summed E-state index contributed by atoms with van der Waals surface area (Å²) in [5.74, 6) is -1.14. The fraction of sp³-hybridized carbons (Fsp3) is 0.286. The second-order valence-electron chi connectivity index (χ2n) is 6.99. The lowest BCUT2D eigenvalue weighted by atomic mass is 10.1. The number of nitrogens with two attached hydrogens (primary N) is 1. The molecule has 168 valence electrons. The second-order valence-corrected chi connectivity index (χ2v) is 6.99. The van der Waals surface area contributed by atoms with Gasteiger partial charge in [-0.3, -0.25) is 24.5 Å². The third kappa shape index (κ3) is 4.67. The van der Waals surface area contributed by atoms with E-state index in [9.17, 15) is 24.5 Å². The third-order valence-corrected chi connectivity index (χ3v) is 4.99. The summed E-state index contributed by atoms with van der Waals surface area (Å²) in [5.41, 5.74) is 5.57. The molecule has 1 saturated heterocycles. The van der Waals surface area contributed by atoms with Crippen LogP contribution in [-0.4, -0.2) is 71.9 Å². The van der Waals surface area contributed by atoms with Gasteiger partial charge >= 0.3 is 0 Å². The molecule has 0 bridgehead atoms. The summed E-state index contributed by atoms with van der Waals surface area (Å²) < 4.78 is 5.16. The van der Waals surface area contributed by atoms with Crippen molar-refractivity contribution in [2.24, 2.45) is 5.73 Å². The Balaban J connectivity index is 1.93. The molecule has 1 atom stereocenters. The van der Waals surface area contributed by atoms with Crippen LogP contribution >= 0.6 is 0 Å². The van der Waals surface area contributed by atoms with Gasteiger partial charge in [-0.2, -0.15) is 0 Å². The number of hydrogen-bond acceptors (Lipinski definition) is 7. The summed E-state index contributed by atoms with van der Waals surface area (Å²) in [7, 11) is 1.47. The fourth-order valence-electron chi connectivity index (χ4n) is 3.46. The summed E-state index contributed by atoms with van der Waals surface area (Å²) >= 11 is 0. The molecule has 3 rings (SSSR count). The second kappa shape index (κ2) is 9.88. The van der Waals surface area contributed by atoms with Crippen LogP contribution in [0, 0.1) is 10.1 Å². The highest BCUT2D eigenvalue weighted by Crippen LogP contribution is 2.24. The quantitative estimate of drug-likeness (QED) is 0.472. The van der Waals surface area contributed by atoms with Crippen LogP contribution in [0.2, 0.25) is 0 Å². The maximum Gasteiger partial charge on any atom is 0.270 e. The number of nitro groups is 1. The van der Waals surface area contributed by atoms with Crippen molar-refractivity contribution in [2.75, 3.05) is 33.3 Å². The topological polar surface area (TPSA) is 148 Å². The van der Waals surface area contributed by atoms with Crippen molar-refractivity contribution < 1.29 is 24.0 Å². The van der Waals surface area contributed by atoms with E-state index >= 15 is 0 Å². The Morgan fingerprint density at radius 2 is 1.69 bits per heavy atom. The molecule has 0 spiro atoms. The maximum absolute atomic E-state index is 13.2. The normalized spacial score (nSPS) is 15.4. The number of methoxy groups -OCH3 is 1. The number of carbonyl (C=O) groups excluding carboxylic acids is 3. The van der Waals surface area contributed by atoms with Gasteiger partial charge in [0.05, 0.1) is 12.0 Å². The van der Waals surface area contributed by atoms with Crippen LogP contribution in [0.15, 0.2) is 48.5 Å². The van der Waals surface area contributed by atoms with E-state index in [2.05, 4.69) is 5.32 Å². The molecule has 1 unspecified atom stereocenters. The van der Waals surface area contributed by atoms with Gasteiger partial charge < -0.3 is 25.6 Å². The monoisotopic (exact) mass is 441 g/mol. The van der Waals surface area contributed by atoms with Gasteiger partial charge in [-0.15, -0.1) is 0 Å². The molecule has 11 heteroatoms. The Morgan fingerprint density at radius 1 is 1.09 bits per heavy atom. The SMILES string of the molecule is COc1cccc(C(=O)N2CCN(C(=O)c3cccc([N+](=O)[O-])c3)C2C(=O)NCCN)c1. The summed E-state index contributed by atoms with van der Waals surface area (Å²) in [6, 6.07) is 11.7. The Hall–Kier alpha value is -3.99. The average molecular weight is 441 g/mol. The van der Waals surface area contributed by atoms with Gasteiger partial charge in [0.2, 0.25) is 0 Å². The number of nitrogens with zero attached hydrogens (tertiary/aromatic N) is 3. The molecular weight excluding hydrogens is 418 g/mol. The Morgan fingerprint density at radius 3 is 2.25 bits per heavy atom. The van der Waals surface area contributed by atoms with Crippen molar-refractivity contribution in [1.82, 2.24) is 15.1 Å². The number of hydrogen-bond donors (Lipinski definition) is 2. The zero-order valence-electron chi connectivity index (χ0n) is 17.4. The van der Waals surface area contributed by atoms with Gasteiger partial charge in [-0.1, -0.05) is 12.1 Å². The zero-order valence-corrected chi connectivity index (χ0v) is 17.4. The summed E-state index contributed by atoms with van der Waals surface area (Å²) in [4.78, 5) is 52.2. The fourth-order valence-corrected chi connectivity index (χ4v) is 3.46. The highest BCUT2D eigenvalue weighted by atomic mass is 16.6. The number of ether oxygens (including phenoxy) is 1. The van der Waals surface area contributed by atoms with Crippen molar-refractivity contribution in [3.05, 3.63) is 69.8 Å². The predicted octanol–water partition coefficient (Wildman–Crippen LogP) is 0.603. The first-order valence-electron chi connectivity index (χ1n) is 9.85. The molecule has 32 heavy (non-hydrogen) atoms. The molecule has 3 amide bonds. The third-order valence-electron chi connectivity index (χ3n) is 4.99. The number of nitro benzene ring substituents is 1. The van der Waals surface area contributed by atoms with Crippen LogP contribution < -0.4 is 15.8 Å². The van der Waals surface area contributed by atoms with Gasteiger partial charge in [-0.05, 0) is 24.3 Å². The molecule has 0 aliphatic carbocycles. The standard InChI is InChI=1S/C21H23N5O6/c1-32-17-7-3-5-15(13-17)21(29)25-11-10-24(19(25)18(27)23-9-8-22)20(28)14-4-2-6-16(12-14)26(30)31/h2-7,12-13,19H,8-11,22H2,1H3,(H,23,27). The van der Waals surface area contributed by atoms with Gasteiger partial charge in [0.25, 0.3) is 23.4 Å². The highest BCUT2D eigenvalue weighted by Gasteiger charge is 2.43. The van der Waals surface area contributed by atoms with Crippen LogP contribution in [0.4, 0.5) is 5.69 Å². The summed E-state index contributed by atoms with van der Waals surface area (Å²) in [6.45, 7) is 0.534. The molecule has 2 aromatic rings. The number of rotatable bonds is 7. The molecule has 3 N–H and O–H groups in total. The minimum atomic E-state index is -1.23. The van der Waals surface area contributed by atoms with Crippen molar-refractivity contribution in [2.45, 2.75) is 6.17 Å². The van der Waals surface area contributed by atoms with E-state index < -0.39 is 28.8 Å². The maximum atomic E-state index is 13.2. The molecule has 1 heterocycles. The summed E-state index contributed by atoms with van der Waals surface area (Å²) in [6.07, 6.45) is -1.23. The molecule has 11 nitrogen and oxygen atoms in total. The molecule has 2 aromatic carbocycles. The van der Waals surface area contributed by atoms with Crippen molar-refractivity contribution in [1.29, 1.82) is 0 Å². The first-order valence-corrected chi connectivity index (χ1v) is 9.85. The van der Waals surface area contributed by atoms with Crippen molar-refractivity contribution in [3.8, 4) is 5.75 Å². The molecule has 1 aliphatic rings. The molecular formula is C21H23N5O6. The van der Waals surface area contributed by atoms with Crippen LogP contribution in [0.1, 0.15) is 20.7 Å². The largest absolute Gasteiger partial charge is 0.497 e. The van der Waals surface area contributed by atoms with Gasteiger partial charge in [-0.25, -0.2) is 0 Å². The predicted molar refractivity (Wildman–Crippen MR) is 114 cm³/mol. The smallest absolute Gasteiger partial charge is 0.270 e. The minimum Gasteiger partial charge on any atom is -0.497 e.